The van der Waals surface area contributed by atoms with Crippen LogP contribution in [-0.2, 0) is 7.05 Å². The van der Waals surface area contributed by atoms with Gasteiger partial charge in [-0.15, -0.1) is 0 Å². The molecule has 2 heterocycles. The molecule has 27 heavy (non-hydrogen) atoms. The van der Waals surface area contributed by atoms with Gasteiger partial charge in [0.15, 0.2) is 5.82 Å². The van der Waals surface area contributed by atoms with Crippen molar-refractivity contribution < 1.29 is 13.6 Å². The second-order valence-electron chi connectivity index (χ2n) is 6.96. The maximum absolute atomic E-state index is 12.7. The lowest BCUT2D eigenvalue weighted by Gasteiger charge is -2.22. The summed E-state index contributed by atoms with van der Waals surface area (Å²) in [6.07, 6.45) is 9.19. The first kappa shape index (κ1) is 20.9. The molecule has 1 saturated carbocycles. The summed E-state index contributed by atoms with van der Waals surface area (Å²) < 4.78 is 21.1. The van der Waals surface area contributed by atoms with Crippen molar-refractivity contribution in [1.29, 1.82) is 0 Å². The van der Waals surface area contributed by atoms with Crippen molar-refractivity contribution in [3.05, 3.63) is 30.0 Å². The summed E-state index contributed by atoms with van der Waals surface area (Å²) >= 11 is 0. The maximum atomic E-state index is 12.7. The van der Waals surface area contributed by atoms with Crippen LogP contribution in [0.3, 0.4) is 0 Å². The maximum Gasteiger partial charge on any atom is 0.270 e. The molecule has 1 amide bonds. The molecule has 0 aromatic carbocycles. The molecule has 1 N–H and O–H groups in total. The predicted octanol–water partition coefficient (Wildman–Crippen LogP) is 3.95. The molecule has 2 aromatic rings. The van der Waals surface area contributed by atoms with Crippen LogP contribution in [0, 0.1) is 0 Å². The van der Waals surface area contributed by atoms with Crippen molar-refractivity contribution in [3.8, 4) is 11.5 Å². The number of nitrogens with zero attached hydrogens (tertiary/aromatic N) is 4. The van der Waals surface area contributed by atoms with E-state index in [0.717, 1.165) is 24.2 Å². The molecule has 2 aromatic heterocycles. The molecule has 8 heteroatoms. The fourth-order valence-corrected chi connectivity index (χ4v) is 3.07. The average Bonchev–Trinajstić information content (AvgIpc) is 3.09. The highest BCUT2D eigenvalue weighted by molar-refractivity contribution is 5.93. The molecule has 148 valence electrons. The van der Waals surface area contributed by atoms with Gasteiger partial charge in [-0.2, -0.15) is 0 Å². The van der Waals surface area contributed by atoms with Crippen molar-refractivity contribution in [2.45, 2.75) is 57.9 Å². The summed E-state index contributed by atoms with van der Waals surface area (Å²) in [5.74, 6) is 0.672. The van der Waals surface area contributed by atoms with E-state index in [-0.39, 0.29) is 17.9 Å². The van der Waals surface area contributed by atoms with Gasteiger partial charge in [-0.1, -0.05) is 33.1 Å². The average molecular weight is 379 g/mol. The number of rotatable bonds is 4. The van der Waals surface area contributed by atoms with E-state index in [0.29, 0.717) is 11.5 Å². The van der Waals surface area contributed by atoms with Crippen molar-refractivity contribution >= 4 is 5.91 Å². The number of hydrogen-bond donors (Lipinski definition) is 1. The second kappa shape index (κ2) is 10.1. The van der Waals surface area contributed by atoms with Gasteiger partial charge in [0.2, 0.25) is 6.93 Å². The summed E-state index contributed by atoms with van der Waals surface area (Å²) in [5, 5.41) is 3.14. The van der Waals surface area contributed by atoms with Gasteiger partial charge >= 0.3 is 0 Å². The van der Waals surface area contributed by atoms with Crippen LogP contribution in [0.4, 0.5) is 8.78 Å². The zero-order valence-corrected chi connectivity index (χ0v) is 16.1. The first-order chi connectivity index (χ1) is 13.0. The van der Waals surface area contributed by atoms with Gasteiger partial charge in [0.1, 0.15) is 11.4 Å². The van der Waals surface area contributed by atoms with E-state index >= 15 is 0 Å². The Labute approximate surface area is 158 Å². The highest BCUT2D eigenvalue weighted by atomic mass is 19.3. The Bertz CT molecular complexity index is 741. The third-order valence-corrected chi connectivity index (χ3v) is 4.56. The third-order valence-electron chi connectivity index (χ3n) is 4.56. The van der Waals surface area contributed by atoms with E-state index in [1.165, 1.54) is 19.3 Å². The van der Waals surface area contributed by atoms with E-state index in [2.05, 4.69) is 34.1 Å². The van der Waals surface area contributed by atoms with E-state index in [4.69, 9.17) is 0 Å². The number of carbonyl (C=O) groups is 1. The minimum atomic E-state index is -1.75. The Balaban J connectivity index is 0.000000817. The lowest BCUT2D eigenvalue weighted by atomic mass is 9.95. The molecule has 6 nitrogen and oxygen atoms in total. The van der Waals surface area contributed by atoms with Crippen molar-refractivity contribution in [3.63, 3.8) is 0 Å². The smallest absolute Gasteiger partial charge is 0.270 e. The number of carbonyl (C=O) groups excluding carboxylic acids is 1. The number of amides is 1. The summed E-state index contributed by atoms with van der Waals surface area (Å²) in [6, 6.07) is 2.08. The summed E-state index contributed by atoms with van der Waals surface area (Å²) in [6.45, 7) is 2.39. The molecule has 0 bridgehead atoms. The Kier molecular flexibility index (Phi) is 7.82. The van der Waals surface area contributed by atoms with Gasteiger partial charge in [0.05, 0.1) is 12.5 Å². The SMILES string of the molecule is CC(C)c1cc(C(=O)NC2CCCCC2)nc(-c2cncn2C)n1.FCF. The van der Waals surface area contributed by atoms with E-state index < -0.39 is 6.93 Å². The van der Waals surface area contributed by atoms with Crippen molar-refractivity contribution in [1.82, 2.24) is 24.8 Å². The van der Waals surface area contributed by atoms with Gasteiger partial charge in [0.25, 0.3) is 5.91 Å². The van der Waals surface area contributed by atoms with Crippen molar-refractivity contribution in [2.75, 3.05) is 6.93 Å². The second-order valence-corrected chi connectivity index (χ2v) is 6.96. The van der Waals surface area contributed by atoms with Gasteiger partial charge in [-0.3, -0.25) is 4.79 Å². The van der Waals surface area contributed by atoms with Gasteiger partial charge in [-0.25, -0.2) is 23.7 Å². The summed E-state index contributed by atoms with van der Waals surface area (Å²) in [5.41, 5.74) is 2.12. The Morgan fingerprint density at radius 2 is 1.93 bits per heavy atom. The van der Waals surface area contributed by atoms with Gasteiger partial charge in [0, 0.05) is 18.8 Å². The van der Waals surface area contributed by atoms with Crippen LogP contribution < -0.4 is 5.32 Å². The highest BCUT2D eigenvalue weighted by Gasteiger charge is 2.20. The van der Waals surface area contributed by atoms with Crippen LogP contribution in [0.5, 0.6) is 0 Å². The third kappa shape index (κ3) is 5.80. The normalized spacial score (nSPS) is 14.6. The first-order valence-electron chi connectivity index (χ1n) is 9.24. The van der Waals surface area contributed by atoms with E-state index in [1.807, 2.05) is 17.7 Å². The van der Waals surface area contributed by atoms with Crippen LogP contribution >= 0.6 is 0 Å². The first-order valence-corrected chi connectivity index (χ1v) is 9.24. The van der Waals surface area contributed by atoms with Crippen LogP contribution in [0.25, 0.3) is 11.5 Å². The molecule has 1 aliphatic carbocycles. The lowest BCUT2D eigenvalue weighted by Crippen LogP contribution is -2.36. The fourth-order valence-electron chi connectivity index (χ4n) is 3.07. The largest absolute Gasteiger partial charge is 0.348 e. The Morgan fingerprint density at radius 1 is 1.26 bits per heavy atom. The lowest BCUT2D eigenvalue weighted by molar-refractivity contribution is 0.0922. The zero-order chi connectivity index (χ0) is 19.8. The monoisotopic (exact) mass is 379 g/mol. The molecule has 0 atom stereocenters. The molecule has 3 rings (SSSR count). The minimum Gasteiger partial charge on any atom is -0.348 e. The van der Waals surface area contributed by atoms with Crippen LogP contribution in [-0.4, -0.2) is 38.4 Å². The quantitative estimate of drug-likeness (QED) is 0.873. The van der Waals surface area contributed by atoms with Crippen LogP contribution in [0.2, 0.25) is 0 Å². The standard InChI is InChI=1S/C18H25N5O.CH2F2/c1-12(2)14-9-15(18(24)20-13-7-5-4-6-8-13)22-17(21-14)16-10-19-11-23(16)3;2-1-3/h9-13H,4-8H2,1-3H3,(H,20,24);1H2. The van der Waals surface area contributed by atoms with E-state index in [9.17, 15) is 13.6 Å². The highest BCUT2D eigenvalue weighted by Crippen LogP contribution is 2.21. The number of aryl methyl sites for hydroxylation is 1. The van der Waals surface area contributed by atoms with Crippen LogP contribution in [0.15, 0.2) is 18.6 Å². The summed E-state index contributed by atoms with van der Waals surface area (Å²) in [7, 11) is 1.90. The molecular weight excluding hydrogens is 352 g/mol. The molecule has 0 radical (unpaired) electrons. The molecule has 0 saturated heterocycles. The Hall–Kier alpha value is -2.38. The molecule has 0 aliphatic heterocycles. The zero-order valence-electron chi connectivity index (χ0n) is 16.1. The molecule has 0 spiro atoms. The topological polar surface area (TPSA) is 72.7 Å². The molecular formula is C19H27F2N5O. The minimum absolute atomic E-state index is 0.102. The number of alkyl halides is 2. The predicted molar refractivity (Wildman–Crippen MR) is 99.7 cm³/mol. The fraction of sp³-hybridized carbons (Fsp3) is 0.579. The number of aromatic nitrogens is 4. The number of halogens is 2. The number of imidazole rings is 1. The van der Waals surface area contributed by atoms with Gasteiger partial charge < -0.3 is 9.88 Å². The molecule has 0 unspecified atom stereocenters. The molecule has 1 aliphatic rings. The Morgan fingerprint density at radius 3 is 2.48 bits per heavy atom. The van der Waals surface area contributed by atoms with Crippen molar-refractivity contribution in [2.24, 2.45) is 7.05 Å². The summed E-state index contributed by atoms with van der Waals surface area (Å²) in [4.78, 5) is 25.9. The molecule has 1 fully saturated rings. The number of hydrogen-bond acceptors (Lipinski definition) is 4. The number of nitrogens with one attached hydrogen (secondary N) is 1. The van der Waals surface area contributed by atoms with Gasteiger partial charge in [-0.05, 0) is 24.8 Å². The van der Waals surface area contributed by atoms with Crippen LogP contribution in [0.1, 0.15) is 68.1 Å². The van der Waals surface area contributed by atoms with E-state index in [1.54, 1.807) is 12.5 Å².